The van der Waals surface area contributed by atoms with E-state index in [4.69, 9.17) is 9.52 Å². The molecule has 1 heterocycles. The van der Waals surface area contributed by atoms with Gasteiger partial charge < -0.3 is 14.8 Å². The fourth-order valence-corrected chi connectivity index (χ4v) is 1.82. The van der Waals surface area contributed by atoms with Crippen molar-refractivity contribution in [2.45, 2.75) is 12.8 Å². The Labute approximate surface area is 121 Å². The fraction of sp³-hybridized carbons (Fsp3) is 0.125. The van der Waals surface area contributed by atoms with Gasteiger partial charge in [0.25, 0.3) is 0 Å². The largest absolute Gasteiger partial charge is 0.481 e. The molecule has 0 bridgehead atoms. The van der Waals surface area contributed by atoms with E-state index in [2.05, 4.69) is 5.32 Å². The minimum atomic E-state index is -0.867. The zero-order chi connectivity index (χ0) is 15.1. The molecule has 108 valence electrons. The molecular weight excluding hydrogens is 270 g/mol. The van der Waals surface area contributed by atoms with Gasteiger partial charge in [-0.3, -0.25) is 9.59 Å². The molecule has 0 radical (unpaired) electrons. The third-order valence-corrected chi connectivity index (χ3v) is 2.83. The number of anilines is 1. The number of carboxylic acids is 1. The third-order valence-electron chi connectivity index (χ3n) is 2.83. The van der Waals surface area contributed by atoms with Gasteiger partial charge in [-0.2, -0.15) is 0 Å². The summed E-state index contributed by atoms with van der Waals surface area (Å²) in [6, 6.07) is 10.6. The van der Waals surface area contributed by atoms with Crippen LogP contribution in [0, 0.1) is 0 Å². The number of carbonyl (C=O) groups excluding carboxylic acids is 1. The first-order chi connectivity index (χ1) is 10.1. The Morgan fingerprint density at radius 3 is 2.71 bits per heavy atom. The van der Waals surface area contributed by atoms with E-state index in [0.29, 0.717) is 17.9 Å². The lowest BCUT2D eigenvalue weighted by molar-refractivity contribution is -0.136. The Morgan fingerprint density at radius 2 is 2.00 bits per heavy atom. The molecule has 2 aromatic rings. The third kappa shape index (κ3) is 4.65. The quantitative estimate of drug-likeness (QED) is 0.800. The van der Waals surface area contributed by atoms with Crippen LogP contribution in [0.1, 0.15) is 17.7 Å². The van der Waals surface area contributed by atoms with Crippen LogP contribution in [0.25, 0.3) is 6.08 Å². The van der Waals surface area contributed by atoms with Crippen molar-refractivity contribution in [3.63, 3.8) is 0 Å². The Kier molecular flexibility index (Phi) is 4.93. The molecule has 2 rings (SSSR count). The molecule has 0 saturated carbocycles. The molecule has 0 spiro atoms. The number of para-hydroxylation sites is 1. The number of nitrogens with one attached hydrogen (secondary N) is 1. The summed E-state index contributed by atoms with van der Waals surface area (Å²) >= 11 is 0. The molecule has 1 amide bonds. The van der Waals surface area contributed by atoms with Gasteiger partial charge in [0.2, 0.25) is 5.91 Å². The van der Waals surface area contributed by atoms with Gasteiger partial charge in [0.1, 0.15) is 5.76 Å². The number of aryl methyl sites for hydroxylation is 1. The Bertz CT molecular complexity index is 644. The molecule has 0 aliphatic heterocycles. The summed E-state index contributed by atoms with van der Waals surface area (Å²) in [7, 11) is 0. The van der Waals surface area contributed by atoms with Gasteiger partial charge in [-0.05, 0) is 36.3 Å². The van der Waals surface area contributed by atoms with E-state index < -0.39 is 5.97 Å². The molecular formula is C16H15NO4. The molecule has 1 aromatic carbocycles. The van der Waals surface area contributed by atoms with Gasteiger partial charge in [-0.1, -0.05) is 18.2 Å². The highest BCUT2D eigenvalue weighted by atomic mass is 16.4. The predicted octanol–water partition coefficient (Wildman–Crippen LogP) is 2.95. The number of benzene rings is 1. The zero-order valence-electron chi connectivity index (χ0n) is 11.3. The number of amides is 1. The maximum Gasteiger partial charge on any atom is 0.303 e. The Balaban J connectivity index is 2.01. The maximum absolute atomic E-state index is 11.8. The van der Waals surface area contributed by atoms with Crippen LogP contribution in [-0.2, 0) is 16.0 Å². The van der Waals surface area contributed by atoms with Crippen molar-refractivity contribution < 1.29 is 19.1 Å². The zero-order valence-corrected chi connectivity index (χ0v) is 11.3. The fourth-order valence-electron chi connectivity index (χ4n) is 1.82. The standard InChI is InChI=1S/C16H15NO4/c18-15(9-8-13-5-3-11-21-13)17-14-6-2-1-4-12(14)7-10-16(19)20/h1-6,8-9,11H,7,10H2,(H,17,18)(H,19,20)/b9-8+. The first-order valence-electron chi connectivity index (χ1n) is 6.47. The van der Waals surface area contributed by atoms with Crippen LogP contribution < -0.4 is 5.32 Å². The van der Waals surface area contributed by atoms with Crippen molar-refractivity contribution in [2.24, 2.45) is 0 Å². The van der Waals surface area contributed by atoms with Crippen LogP contribution >= 0.6 is 0 Å². The lowest BCUT2D eigenvalue weighted by Crippen LogP contribution is -2.10. The minimum absolute atomic E-state index is 0.0229. The molecule has 0 fully saturated rings. The topological polar surface area (TPSA) is 79.5 Å². The molecule has 21 heavy (non-hydrogen) atoms. The number of hydrogen-bond donors (Lipinski definition) is 2. The summed E-state index contributed by atoms with van der Waals surface area (Å²) in [6.45, 7) is 0. The summed E-state index contributed by atoms with van der Waals surface area (Å²) in [5, 5.41) is 11.5. The van der Waals surface area contributed by atoms with Crippen LogP contribution in [0.3, 0.4) is 0 Å². The van der Waals surface area contributed by atoms with E-state index in [9.17, 15) is 9.59 Å². The SMILES string of the molecule is O=C(O)CCc1ccccc1NC(=O)/C=C/c1ccco1. The molecule has 0 unspecified atom stereocenters. The van der Waals surface area contributed by atoms with E-state index in [1.807, 2.05) is 6.07 Å². The van der Waals surface area contributed by atoms with E-state index in [-0.39, 0.29) is 12.3 Å². The van der Waals surface area contributed by atoms with Gasteiger partial charge in [0.05, 0.1) is 6.26 Å². The molecule has 1 aromatic heterocycles. The van der Waals surface area contributed by atoms with Crippen LogP contribution in [0.2, 0.25) is 0 Å². The van der Waals surface area contributed by atoms with Gasteiger partial charge in [-0.25, -0.2) is 0 Å². The van der Waals surface area contributed by atoms with Gasteiger partial charge in [0, 0.05) is 18.2 Å². The van der Waals surface area contributed by atoms with Crippen LogP contribution in [0.5, 0.6) is 0 Å². The number of rotatable bonds is 6. The first kappa shape index (κ1) is 14.6. The average Bonchev–Trinajstić information content (AvgIpc) is 2.97. The van der Waals surface area contributed by atoms with Crippen molar-refractivity contribution in [1.82, 2.24) is 0 Å². The highest BCUT2D eigenvalue weighted by Crippen LogP contribution is 2.17. The van der Waals surface area contributed by atoms with Crippen LogP contribution in [0.4, 0.5) is 5.69 Å². The van der Waals surface area contributed by atoms with Crippen molar-refractivity contribution in [3.8, 4) is 0 Å². The molecule has 0 saturated heterocycles. The van der Waals surface area contributed by atoms with E-state index in [1.165, 1.54) is 12.3 Å². The lowest BCUT2D eigenvalue weighted by atomic mass is 10.1. The van der Waals surface area contributed by atoms with Gasteiger partial charge in [0.15, 0.2) is 0 Å². The average molecular weight is 285 g/mol. The maximum atomic E-state index is 11.8. The second kappa shape index (κ2) is 7.09. The van der Waals surface area contributed by atoms with Crippen molar-refractivity contribution >= 4 is 23.6 Å². The molecule has 0 atom stereocenters. The second-order valence-electron chi connectivity index (χ2n) is 4.39. The second-order valence-corrected chi connectivity index (χ2v) is 4.39. The number of carbonyl (C=O) groups is 2. The number of furan rings is 1. The number of hydrogen-bond acceptors (Lipinski definition) is 3. The van der Waals surface area contributed by atoms with E-state index >= 15 is 0 Å². The number of carboxylic acid groups (broad SMARTS) is 1. The molecule has 2 N–H and O–H groups in total. The van der Waals surface area contributed by atoms with Crippen LogP contribution in [0.15, 0.2) is 53.2 Å². The summed E-state index contributed by atoms with van der Waals surface area (Å²) in [6.07, 6.45) is 4.85. The van der Waals surface area contributed by atoms with E-state index in [1.54, 1.807) is 36.4 Å². The molecule has 0 aliphatic rings. The summed E-state index contributed by atoms with van der Waals surface area (Å²) in [5.74, 6) is -0.577. The van der Waals surface area contributed by atoms with Crippen molar-refractivity contribution in [1.29, 1.82) is 0 Å². The number of aliphatic carboxylic acids is 1. The normalized spacial score (nSPS) is 10.7. The van der Waals surface area contributed by atoms with Gasteiger partial charge in [-0.15, -0.1) is 0 Å². The Morgan fingerprint density at radius 1 is 1.19 bits per heavy atom. The van der Waals surface area contributed by atoms with Crippen molar-refractivity contribution in [2.75, 3.05) is 5.32 Å². The molecule has 0 aliphatic carbocycles. The highest BCUT2D eigenvalue weighted by Gasteiger charge is 2.06. The Hall–Kier alpha value is -2.82. The summed E-state index contributed by atoms with van der Waals surface area (Å²) < 4.78 is 5.09. The summed E-state index contributed by atoms with van der Waals surface area (Å²) in [4.78, 5) is 22.5. The first-order valence-corrected chi connectivity index (χ1v) is 6.47. The highest BCUT2D eigenvalue weighted by molar-refractivity contribution is 6.02. The summed E-state index contributed by atoms with van der Waals surface area (Å²) in [5.41, 5.74) is 1.41. The van der Waals surface area contributed by atoms with E-state index in [0.717, 1.165) is 5.56 Å². The smallest absolute Gasteiger partial charge is 0.303 e. The van der Waals surface area contributed by atoms with Gasteiger partial charge >= 0.3 is 5.97 Å². The van der Waals surface area contributed by atoms with Crippen LogP contribution in [-0.4, -0.2) is 17.0 Å². The predicted molar refractivity (Wildman–Crippen MR) is 78.8 cm³/mol. The lowest BCUT2D eigenvalue weighted by Gasteiger charge is -2.08. The minimum Gasteiger partial charge on any atom is -0.481 e. The molecule has 5 heteroatoms. The monoisotopic (exact) mass is 285 g/mol. The van der Waals surface area contributed by atoms with Crippen molar-refractivity contribution in [3.05, 3.63) is 60.1 Å². The molecule has 5 nitrogen and oxygen atoms in total.